The van der Waals surface area contributed by atoms with Crippen molar-refractivity contribution in [2.24, 2.45) is 0 Å². The zero-order valence-electron chi connectivity index (χ0n) is 15.3. The Morgan fingerprint density at radius 1 is 1.18 bits per heavy atom. The van der Waals surface area contributed by atoms with E-state index in [4.69, 9.17) is 0 Å². The van der Waals surface area contributed by atoms with Crippen molar-refractivity contribution in [1.29, 1.82) is 0 Å². The topological polar surface area (TPSA) is 87.5 Å². The molecule has 1 fully saturated rings. The van der Waals surface area contributed by atoms with Crippen LogP contribution < -0.4 is 5.32 Å². The summed E-state index contributed by atoms with van der Waals surface area (Å²) in [5, 5.41) is 17.7. The first kappa shape index (κ1) is 18.9. The number of nitrogens with one attached hydrogen (secondary N) is 1. The molecule has 2 heterocycles. The molecule has 1 aromatic heterocycles. The number of aryl methyl sites for hydroxylation is 1. The first-order valence-electron chi connectivity index (χ1n) is 9.06. The lowest BCUT2D eigenvalue weighted by atomic mass is 10.1. The predicted octanol–water partition coefficient (Wildman–Crippen LogP) is 2.78. The van der Waals surface area contributed by atoms with E-state index in [-0.39, 0.29) is 18.9 Å². The molecule has 0 amide bonds. The number of benzene rings is 2. The van der Waals surface area contributed by atoms with Crippen LogP contribution in [-0.2, 0) is 10.2 Å². The molecule has 1 saturated heterocycles. The molecule has 0 unspecified atom stereocenters. The highest BCUT2D eigenvalue weighted by atomic mass is 32.2. The molecule has 0 bridgehead atoms. The van der Waals surface area contributed by atoms with Gasteiger partial charge in [-0.05, 0) is 55.7 Å². The fourth-order valence-electron chi connectivity index (χ4n) is 3.35. The van der Waals surface area contributed by atoms with E-state index in [0.717, 1.165) is 4.09 Å². The first-order valence-corrected chi connectivity index (χ1v) is 10.5. The zero-order valence-corrected chi connectivity index (χ0v) is 16.2. The predicted molar refractivity (Wildman–Crippen MR) is 105 cm³/mol. The lowest BCUT2D eigenvalue weighted by Gasteiger charge is -2.28. The van der Waals surface area contributed by atoms with Gasteiger partial charge < -0.3 is 10.4 Å². The van der Waals surface area contributed by atoms with Crippen LogP contribution >= 0.6 is 0 Å². The van der Waals surface area contributed by atoms with Gasteiger partial charge in [0, 0.05) is 24.2 Å². The fraction of sp³-hybridized carbons (Fsp3) is 0.316. The summed E-state index contributed by atoms with van der Waals surface area (Å²) in [6.45, 7) is 2.15. The maximum absolute atomic E-state index is 13.5. The van der Waals surface area contributed by atoms with Gasteiger partial charge in [0.25, 0.3) is 0 Å². The second-order valence-electron chi connectivity index (χ2n) is 6.94. The Kier molecular flexibility index (Phi) is 4.82. The lowest BCUT2D eigenvalue weighted by Crippen LogP contribution is -2.43. The number of rotatable bonds is 4. The van der Waals surface area contributed by atoms with E-state index in [1.54, 1.807) is 43.3 Å². The van der Waals surface area contributed by atoms with E-state index in [0.29, 0.717) is 40.8 Å². The van der Waals surface area contributed by atoms with Gasteiger partial charge in [-0.3, -0.25) is 0 Å². The number of piperidine rings is 1. The van der Waals surface area contributed by atoms with Gasteiger partial charge >= 0.3 is 10.2 Å². The number of fused-ring (bicyclic) bond motifs is 1. The number of hydrogen-bond donors (Lipinski definition) is 2. The molecule has 0 spiro atoms. The summed E-state index contributed by atoms with van der Waals surface area (Å²) in [4.78, 5) is 0. The SMILES string of the molecule is Cc1cc(Nc2nn(S(=O)(=O)N3CCC(O)CC3)c3ccccc23)ccc1F. The van der Waals surface area contributed by atoms with Gasteiger partial charge in [0.2, 0.25) is 0 Å². The normalized spacial score (nSPS) is 16.5. The van der Waals surface area contributed by atoms with E-state index < -0.39 is 16.3 Å². The highest BCUT2D eigenvalue weighted by Crippen LogP contribution is 2.29. The van der Waals surface area contributed by atoms with Crippen LogP contribution in [0.2, 0.25) is 0 Å². The molecule has 28 heavy (non-hydrogen) atoms. The van der Waals surface area contributed by atoms with Gasteiger partial charge in [0.05, 0.1) is 11.6 Å². The summed E-state index contributed by atoms with van der Waals surface area (Å²) in [5.41, 5.74) is 1.55. The molecule has 0 radical (unpaired) electrons. The quantitative estimate of drug-likeness (QED) is 0.698. The third kappa shape index (κ3) is 3.36. The molecular weight excluding hydrogens is 383 g/mol. The van der Waals surface area contributed by atoms with Crippen LogP contribution in [0.3, 0.4) is 0 Å². The van der Waals surface area contributed by atoms with Crippen molar-refractivity contribution < 1.29 is 17.9 Å². The summed E-state index contributed by atoms with van der Waals surface area (Å²) in [6, 6.07) is 11.6. The van der Waals surface area contributed by atoms with E-state index in [9.17, 15) is 17.9 Å². The molecule has 3 aromatic rings. The van der Waals surface area contributed by atoms with Gasteiger partial charge in [0.1, 0.15) is 5.82 Å². The molecule has 2 aromatic carbocycles. The Bertz CT molecular complexity index is 1120. The molecular formula is C19H21FN4O3S. The molecule has 9 heteroatoms. The average Bonchev–Trinajstić information content (AvgIpc) is 3.05. The van der Waals surface area contributed by atoms with E-state index in [1.807, 2.05) is 0 Å². The van der Waals surface area contributed by atoms with Gasteiger partial charge in [-0.25, -0.2) is 4.39 Å². The standard InChI is InChI=1S/C19H21FN4O3S/c1-13-12-14(6-7-17(13)20)21-19-16-4-2-3-5-18(16)24(22-19)28(26,27)23-10-8-15(25)9-11-23/h2-7,12,15,25H,8-11H2,1H3,(H,21,22). The van der Waals surface area contributed by atoms with E-state index in [2.05, 4.69) is 10.4 Å². The zero-order chi connectivity index (χ0) is 19.9. The Balaban J connectivity index is 1.75. The van der Waals surface area contributed by atoms with Gasteiger partial charge in [-0.2, -0.15) is 12.7 Å². The number of aliphatic hydroxyl groups is 1. The summed E-state index contributed by atoms with van der Waals surface area (Å²) >= 11 is 0. The molecule has 4 rings (SSSR count). The number of anilines is 2. The van der Waals surface area contributed by atoms with E-state index in [1.165, 1.54) is 10.4 Å². The third-order valence-electron chi connectivity index (χ3n) is 4.95. The minimum Gasteiger partial charge on any atom is -0.393 e. The van der Waals surface area contributed by atoms with Crippen LogP contribution in [0.5, 0.6) is 0 Å². The highest BCUT2D eigenvalue weighted by Gasteiger charge is 2.31. The van der Waals surface area contributed by atoms with Crippen LogP contribution in [0.15, 0.2) is 42.5 Å². The molecule has 0 aliphatic carbocycles. The molecule has 0 saturated carbocycles. The van der Waals surface area contributed by atoms with Gasteiger partial charge in [0.15, 0.2) is 5.82 Å². The average molecular weight is 404 g/mol. The summed E-state index contributed by atoms with van der Waals surface area (Å²) < 4.78 is 42.2. The first-order chi connectivity index (χ1) is 13.4. The molecule has 0 atom stereocenters. The Hall–Kier alpha value is -2.49. The Morgan fingerprint density at radius 3 is 2.61 bits per heavy atom. The Morgan fingerprint density at radius 2 is 1.89 bits per heavy atom. The molecule has 2 N–H and O–H groups in total. The van der Waals surface area contributed by atoms with Crippen molar-refractivity contribution in [3.63, 3.8) is 0 Å². The summed E-state index contributed by atoms with van der Waals surface area (Å²) in [6.07, 6.45) is 0.330. The summed E-state index contributed by atoms with van der Waals surface area (Å²) in [7, 11) is -3.87. The van der Waals surface area contributed by atoms with Crippen molar-refractivity contribution >= 4 is 32.6 Å². The van der Waals surface area contributed by atoms with Crippen molar-refractivity contribution in [2.45, 2.75) is 25.9 Å². The molecule has 148 valence electrons. The maximum Gasteiger partial charge on any atom is 0.323 e. The van der Waals surface area contributed by atoms with Crippen molar-refractivity contribution in [2.75, 3.05) is 18.4 Å². The molecule has 1 aliphatic heterocycles. The van der Waals surface area contributed by atoms with Crippen molar-refractivity contribution in [3.05, 3.63) is 53.8 Å². The smallest absolute Gasteiger partial charge is 0.323 e. The van der Waals surface area contributed by atoms with Crippen molar-refractivity contribution in [3.8, 4) is 0 Å². The minimum absolute atomic E-state index is 0.248. The van der Waals surface area contributed by atoms with Crippen LogP contribution in [0.1, 0.15) is 18.4 Å². The number of aliphatic hydroxyl groups excluding tert-OH is 1. The van der Waals surface area contributed by atoms with Crippen LogP contribution in [0.4, 0.5) is 15.9 Å². The summed E-state index contributed by atoms with van der Waals surface area (Å²) in [5.74, 6) is 0.0676. The van der Waals surface area contributed by atoms with Crippen LogP contribution in [0, 0.1) is 12.7 Å². The molecule has 1 aliphatic rings. The number of nitrogens with zero attached hydrogens (tertiary/aromatic N) is 3. The van der Waals surface area contributed by atoms with Crippen molar-refractivity contribution in [1.82, 2.24) is 13.5 Å². The third-order valence-corrected chi connectivity index (χ3v) is 6.68. The second kappa shape index (κ2) is 7.16. The Labute approximate surface area is 162 Å². The highest BCUT2D eigenvalue weighted by molar-refractivity contribution is 7.87. The van der Waals surface area contributed by atoms with Gasteiger partial charge in [-0.15, -0.1) is 9.19 Å². The van der Waals surface area contributed by atoms with Gasteiger partial charge in [-0.1, -0.05) is 12.1 Å². The number of halogens is 1. The fourth-order valence-corrected chi connectivity index (χ4v) is 4.83. The second-order valence-corrected chi connectivity index (χ2v) is 8.69. The molecule has 7 nitrogen and oxygen atoms in total. The number of hydrogen-bond acceptors (Lipinski definition) is 5. The van der Waals surface area contributed by atoms with Crippen LogP contribution in [-0.4, -0.2) is 46.2 Å². The maximum atomic E-state index is 13.5. The van der Waals surface area contributed by atoms with E-state index >= 15 is 0 Å². The largest absolute Gasteiger partial charge is 0.393 e. The monoisotopic (exact) mass is 404 g/mol. The number of para-hydroxylation sites is 1. The lowest BCUT2D eigenvalue weighted by molar-refractivity contribution is 0.112. The van der Waals surface area contributed by atoms with Crippen LogP contribution in [0.25, 0.3) is 10.9 Å². The minimum atomic E-state index is -3.87. The number of aromatic nitrogens is 2.